The van der Waals surface area contributed by atoms with Gasteiger partial charge in [-0.15, -0.1) is 0 Å². The maximum atomic E-state index is 12.9. The first kappa shape index (κ1) is 22.2. The molecule has 0 bridgehead atoms. The number of allylic oxidation sites excluding steroid dienone is 1. The molecule has 0 spiro atoms. The number of amidine groups is 1. The Bertz CT molecular complexity index is 1120. The number of hydrogen-bond donors (Lipinski definition) is 1. The first-order valence-corrected chi connectivity index (χ1v) is 11.4. The van der Waals surface area contributed by atoms with Gasteiger partial charge in [-0.1, -0.05) is 35.5 Å². The highest BCUT2D eigenvalue weighted by atomic mass is 35.5. The zero-order valence-corrected chi connectivity index (χ0v) is 19.2. The third kappa shape index (κ3) is 4.61. The molecular formula is C23H22ClN3O4S. The van der Waals surface area contributed by atoms with Gasteiger partial charge in [0, 0.05) is 10.7 Å². The number of rotatable bonds is 7. The van der Waals surface area contributed by atoms with Gasteiger partial charge in [0.25, 0.3) is 0 Å². The Balaban J connectivity index is 1.63. The predicted molar refractivity (Wildman–Crippen MR) is 124 cm³/mol. The minimum Gasteiger partial charge on any atom is -0.467 e. The number of benzene rings is 1. The minimum atomic E-state index is -0.501. The predicted octanol–water partition coefficient (Wildman–Crippen LogP) is 4.78. The molecule has 1 N–H and O–H groups in total. The Morgan fingerprint density at radius 1 is 1.31 bits per heavy atom. The topological polar surface area (TPSA) is 84.1 Å². The van der Waals surface area contributed by atoms with Crippen LogP contribution in [0.3, 0.4) is 0 Å². The number of halogens is 1. The van der Waals surface area contributed by atoms with Gasteiger partial charge in [-0.2, -0.15) is 0 Å². The van der Waals surface area contributed by atoms with Crippen LogP contribution >= 0.6 is 23.4 Å². The third-order valence-corrected chi connectivity index (χ3v) is 6.17. The van der Waals surface area contributed by atoms with Crippen molar-refractivity contribution in [3.8, 4) is 0 Å². The average molecular weight is 472 g/mol. The lowest BCUT2D eigenvalue weighted by atomic mass is 9.94. The van der Waals surface area contributed by atoms with Crippen molar-refractivity contribution >= 4 is 40.4 Å². The molecule has 7 nitrogen and oxygen atoms in total. The number of esters is 1. The average Bonchev–Trinajstić information content (AvgIpc) is 3.41. The number of amides is 1. The van der Waals surface area contributed by atoms with Crippen LogP contribution in [0.1, 0.15) is 37.6 Å². The fourth-order valence-electron chi connectivity index (χ4n) is 3.66. The first-order valence-electron chi connectivity index (χ1n) is 10.1. The Labute approximate surface area is 195 Å². The number of carbonyl (C=O) groups is 2. The van der Waals surface area contributed by atoms with E-state index in [-0.39, 0.29) is 18.9 Å². The molecular weight excluding hydrogens is 450 g/mol. The Kier molecular flexibility index (Phi) is 6.72. The zero-order chi connectivity index (χ0) is 22.7. The molecule has 0 radical (unpaired) electrons. The van der Waals surface area contributed by atoms with Crippen molar-refractivity contribution in [2.45, 2.75) is 32.9 Å². The molecule has 0 saturated heterocycles. The molecule has 166 valence electrons. The lowest BCUT2D eigenvalue weighted by molar-refractivity contribution is -0.139. The van der Waals surface area contributed by atoms with Crippen molar-refractivity contribution in [1.82, 2.24) is 10.2 Å². The molecule has 2 aliphatic rings. The smallest absolute Gasteiger partial charge is 0.338 e. The molecule has 2 aliphatic heterocycles. The van der Waals surface area contributed by atoms with Gasteiger partial charge >= 0.3 is 5.97 Å². The summed E-state index contributed by atoms with van der Waals surface area (Å²) < 4.78 is 10.6. The molecule has 4 rings (SSSR count). The maximum absolute atomic E-state index is 12.9. The molecule has 0 saturated carbocycles. The molecule has 1 amide bonds. The van der Waals surface area contributed by atoms with Gasteiger partial charge in [0.2, 0.25) is 5.91 Å². The normalized spacial score (nSPS) is 17.6. The quantitative estimate of drug-likeness (QED) is 0.585. The van der Waals surface area contributed by atoms with Crippen LogP contribution in [0.5, 0.6) is 0 Å². The minimum absolute atomic E-state index is 0.124. The monoisotopic (exact) mass is 471 g/mol. The van der Waals surface area contributed by atoms with Gasteiger partial charge in [-0.05, 0) is 49.1 Å². The molecule has 0 aliphatic carbocycles. The zero-order valence-electron chi connectivity index (χ0n) is 17.6. The van der Waals surface area contributed by atoms with Crippen molar-refractivity contribution in [2.24, 2.45) is 4.99 Å². The number of carbonyl (C=O) groups excluding carboxylic acids is 2. The van der Waals surface area contributed by atoms with Gasteiger partial charge in [0.1, 0.15) is 5.76 Å². The number of hydrogen-bond acceptors (Lipinski definition) is 7. The van der Waals surface area contributed by atoms with E-state index < -0.39 is 12.0 Å². The van der Waals surface area contributed by atoms with Crippen LogP contribution in [-0.2, 0) is 20.9 Å². The van der Waals surface area contributed by atoms with Gasteiger partial charge in [0.05, 0.1) is 43.1 Å². The molecule has 2 aromatic rings. The number of thioether (sulfide) groups is 1. The second kappa shape index (κ2) is 9.67. The van der Waals surface area contributed by atoms with Crippen molar-refractivity contribution in [3.63, 3.8) is 0 Å². The van der Waals surface area contributed by atoms with Crippen LogP contribution in [0.2, 0.25) is 5.02 Å². The SMILES string of the molecule is CCOC(=O)C1=C(C)N=C2SC=C(CC(=O)NCc3ccco3)N2[C@@H]1c1cccc(Cl)c1. The summed E-state index contributed by atoms with van der Waals surface area (Å²) in [6.07, 6.45) is 1.69. The number of aliphatic imine (C=N–C) groups is 1. The molecule has 9 heteroatoms. The van der Waals surface area contributed by atoms with E-state index in [1.54, 1.807) is 38.3 Å². The van der Waals surface area contributed by atoms with E-state index in [0.717, 1.165) is 11.3 Å². The molecule has 1 atom stereocenters. The molecule has 32 heavy (non-hydrogen) atoms. The number of furan rings is 1. The molecule has 0 unspecified atom stereocenters. The summed E-state index contributed by atoms with van der Waals surface area (Å²) >= 11 is 7.69. The fourth-order valence-corrected chi connectivity index (χ4v) is 4.82. The summed E-state index contributed by atoms with van der Waals surface area (Å²) in [5.41, 5.74) is 2.58. The lowest BCUT2D eigenvalue weighted by Crippen LogP contribution is -2.38. The first-order chi connectivity index (χ1) is 15.5. The fraction of sp³-hybridized carbons (Fsp3) is 0.261. The summed E-state index contributed by atoms with van der Waals surface area (Å²) in [4.78, 5) is 32.1. The van der Waals surface area contributed by atoms with Crippen LogP contribution in [-0.4, -0.2) is 28.6 Å². The van der Waals surface area contributed by atoms with Crippen molar-refractivity contribution in [3.05, 3.63) is 81.4 Å². The van der Waals surface area contributed by atoms with Crippen LogP contribution in [0, 0.1) is 0 Å². The number of nitrogens with one attached hydrogen (secondary N) is 1. The van der Waals surface area contributed by atoms with Gasteiger partial charge in [-0.3, -0.25) is 4.79 Å². The summed E-state index contributed by atoms with van der Waals surface area (Å²) in [5.74, 6) is 0.0768. The highest BCUT2D eigenvalue weighted by Crippen LogP contribution is 2.45. The van der Waals surface area contributed by atoms with Gasteiger partial charge in [0.15, 0.2) is 5.17 Å². The highest BCUT2D eigenvalue weighted by Gasteiger charge is 2.41. The summed E-state index contributed by atoms with van der Waals surface area (Å²) in [6, 6.07) is 10.4. The van der Waals surface area contributed by atoms with E-state index in [0.29, 0.717) is 33.8 Å². The third-order valence-electron chi connectivity index (χ3n) is 5.04. The molecule has 3 heterocycles. The maximum Gasteiger partial charge on any atom is 0.338 e. The largest absolute Gasteiger partial charge is 0.467 e. The number of ether oxygens (including phenoxy) is 1. The van der Waals surface area contributed by atoms with E-state index in [1.165, 1.54) is 11.8 Å². The van der Waals surface area contributed by atoms with E-state index >= 15 is 0 Å². The Hall–Kier alpha value is -2.97. The van der Waals surface area contributed by atoms with Crippen molar-refractivity contribution in [2.75, 3.05) is 6.61 Å². The second-order valence-electron chi connectivity index (χ2n) is 7.20. The van der Waals surface area contributed by atoms with Crippen LogP contribution < -0.4 is 5.32 Å². The second-order valence-corrected chi connectivity index (χ2v) is 8.47. The Morgan fingerprint density at radius 3 is 2.88 bits per heavy atom. The molecule has 0 fully saturated rings. The van der Waals surface area contributed by atoms with Crippen molar-refractivity contribution < 1.29 is 18.7 Å². The van der Waals surface area contributed by atoms with E-state index in [4.69, 9.17) is 20.8 Å². The van der Waals surface area contributed by atoms with Gasteiger partial charge < -0.3 is 19.4 Å². The van der Waals surface area contributed by atoms with E-state index in [9.17, 15) is 9.59 Å². The van der Waals surface area contributed by atoms with Crippen LogP contribution in [0.25, 0.3) is 0 Å². The summed E-state index contributed by atoms with van der Waals surface area (Å²) in [5, 5.41) is 6.01. The van der Waals surface area contributed by atoms with E-state index in [2.05, 4.69) is 10.3 Å². The van der Waals surface area contributed by atoms with Crippen LogP contribution in [0.15, 0.2) is 74.4 Å². The Morgan fingerprint density at radius 2 is 2.16 bits per heavy atom. The number of fused-ring (bicyclic) bond motifs is 1. The summed E-state index contributed by atoms with van der Waals surface area (Å²) in [6.45, 7) is 4.11. The van der Waals surface area contributed by atoms with Crippen LogP contribution in [0.4, 0.5) is 0 Å². The van der Waals surface area contributed by atoms with Gasteiger partial charge in [-0.25, -0.2) is 9.79 Å². The van der Waals surface area contributed by atoms with E-state index in [1.807, 2.05) is 28.5 Å². The lowest BCUT2D eigenvalue weighted by Gasteiger charge is -2.36. The highest BCUT2D eigenvalue weighted by molar-refractivity contribution is 8.16. The molecule has 1 aromatic heterocycles. The number of nitrogens with zero attached hydrogens (tertiary/aromatic N) is 2. The standard InChI is InChI=1S/C23H22ClN3O4S/c1-3-30-22(29)20-14(2)26-23-27(21(20)15-6-4-7-16(24)10-15)17(13-32-23)11-19(28)25-12-18-8-5-9-31-18/h4-10,13,21H,3,11-12H2,1-2H3,(H,25,28)/t21-/m1/s1. The summed E-state index contributed by atoms with van der Waals surface area (Å²) in [7, 11) is 0. The molecule has 1 aromatic carbocycles. The van der Waals surface area contributed by atoms with Crippen molar-refractivity contribution in [1.29, 1.82) is 0 Å².